The lowest BCUT2D eigenvalue weighted by molar-refractivity contribution is -0.130. The van der Waals surface area contributed by atoms with E-state index in [-0.39, 0.29) is 32.0 Å². The van der Waals surface area contributed by atoms with Gasteiger partial charge in [0.2, 0.25) is 6.79 Å². The zero-order chi connectivity index (χ0) is 12.5. The van der Waals surface area contributed by atoms with Crippen LogP contribution in [0.5, 0.6) is 11.5 Å². The fourth-order valence-corrected chi connectivity index (χ4v) is 2.04. The van der Waals surface area contributed by atoms with Crippen LogP contribution in [-0.4, -0.2) is 43.7 Å². The number of amides is 1. The van der Waals surface area contributed by atoms with Gasteiger partial charge >= 0.3 is 0 Å². The highest BCUT2D eigenvalue weighted by Gasteiger charge is 2.28. The molecule has 0 aromatic heterocycles. The first-order valence-electron chi connectivity index (χ1n) is 5.70. The highest BCUT2D eigenvalue weighted by atomic mass is 16.7. The van der Waals surface area contributed by atoms with Crippen molar-refractivity contribution in [1.29, 1.82) is 0 Å². The Morgan fingerprint density at radius 3 is 3.00 bits per heavy atom. The van der Waals surface area contributed by atoms with Crippen molar-refractivity contribution in [2.45, 2.75) is 6.10 Å². The smallest absolute Gasteiger partial charge is 0.253 e. The van der Waals surface area contributed by atoms with E-state index in [1.54, 1.807) is 23.1 Å². The molecule has 0 radical (unpaired) electrons. The fraction of sp³-hybridized carbons (Fsp3) is 0.417. The van der Waals surface area contributed by atoms with Gasteiger partial charge in [-0.15, -0.1) is 0 Å². The molecule has 0 aliphatic carbocycles. The zero-order valence-corrected chi connectivity index (χ0v) is 9.67. The zero-order valence-electron chi connectivity index (χ0n) is 9.67. The van der Waals surface area contributed by atoms with Crippen molar-refractivity contribution >= 4 is 11.6 Å². The second-order valence-electron chi connectivity index (χ2n) is 4.16. The van der Waals surface area contributed by atoms with Crippen LogP contribution >= 0.6 is 0 Å². The van der Waals surface area contributed by atoms with E-state index in [2.05, 4.69) is 0 Å². The number of ether oxygens (including phenoxy) is 3. The molecule has 2 aliphatic rings. The Balaban J connectivity index is 1.86. The SMILES string of the molecule is O=C1COC(CO)CN1c1ccc2c(c1)OCO2. The number of aliphatic hydroxyl groups is 1. The van der Waals surface area contributed by atoms with E-state index in [0.717, 1.165) is 5.69 Å². The van der Waals surface area contributed by atoms with Crippen molar-refractivity contribution in [2.75, 3.05) is 31.5 Å². The minimum atomic E-state index is -0.340. The number of benzene rings is 1. The van der Waals surface area contributed by atoms with Crippen LogP contribution < -0.4 is 14.4 Å². The predicted octanol–water partition coefficient (Wildman–Crippen LogP) is 0.139. The van der Waals surface area contributed by atoms with Crippen LogP contribution in [0.1, 0.15) is 0 Å². The van der Waals surface area contributed by atoms with E-state index in [1.165, 1.54) is 0 Å². The van der Waals surface area contributed by atoms with Gasteiger partial charge in [0.1, 0.15) is 6.61 Å². The third-order valence-electron chi connectivity index (χ3n) is 3.00. The summed E-state index contributed by atoms with van der Waals surface area (Å²) in [7, 11) is 0. The molecule has 6 heteroatoms. The van der Waals surface area contributed by atoms with Gasteiger partial charge in [0.15, 0.2) is 11.5 Å². The summed E-state index contributed by atoms with van der Waals surface area (Å²) >= 11 is 0. The molecule has 1 fully saturated rings. The number of morpholine rings is 1. The average molecular weight is 251 g/mol. The molecule has 1 N–H and O–H groups in total. The maximum atomic E-state index is 11.8. The molecule has 0 saturated carbocycles. The number of fused-ring (bicyclic) bond motifs is 1. The van der Waals surface area contributed by atoms with E-state index in [0.29, 0.717) is 18.0 Å². The van der Waals surface area contributed by atoms with Gasteiger partial charge in [-0.25, -0.2) is 0 Å². The maximum Gasteiger partial charge on any atom is 0.253 e. The van der Waals surface area contributed by atoms with Crippen LogP contribution in [0.4, 0.5) is 5.69 Å². The van der Waals surface area contributed by atoms with Crippen LogP contribution in [0.2, 0.25) is 0 Å². The molecular weight excluding hydrogens is 238 g/mol. The second-order valence-corrected chi connectivity index (χ2v) is 4.16. The van der Waals surface area contributed by atoms with Gasteiger partial charge < -0.3 is 24.2 Å². The molecule has 1 saturated heterocycles. The minimum absolute atomic E-state index is 0.0142. The van der Waals surface area contributed by atoms with Crippen molar-refractivity contribution < 1.29 is 24.1 Å². The summed E-state index contributed by atoms with van der Waals surface area (Å²) in [5.74, 6) is 1.18. The van der Waals surface area contributed by atoms with Crippen molar-refractivity contribution in [2.24, 2.45) is 0 Å². The number of aliphatic hydroxyl groups excluding tert-OH is 1. The third kappa shape index (κ3) is 1.89. The monoisotopic (exact) mass is 251 g/mol. The summed E-state index contributed by atoms with van der Waals surface area (Å²) in [6.07, 6.45) is -0.340. The van der Waals surface area contributed by atoms with E-state index >= 15 is 0 Å². The highest BCUT2D eigenvalue weighted by molar-refractivity contribution is 5.95. The summed E-state index contributed by atoms with van der Waals surface area (Å²) in [5.41, 5.74) is 0.728. The average Bonchev–Trinajstić information content (AvgIpc) is 2.86. The normalized spacial score (nSPS) is 22.4. The van der Waals surface area contributed by atoms with Gasteiger partial charge in [-0.2, -0.15) is 0 Å². The van der Waals surface area contributed by atoms with E-state index in [4.69, 9.17) is 19.3 Å². The first-order valence-corrected chi connectivity index (χ1v) is 5.70. The molecule has 0 bridgehead atoms. The first-order chi connectivity index (χ1) is 8.78. The van der Waals surface area contributed by atoms with E-state index in [1.807, 2.05) is 0 Å². The highest BCUT2D eigenvalue weighted by Crippen LogP contribution is 2.35. The molecule has 18 heavy (non-hydrogen) atoms. The Kier molecular flexibility index (Phi) is 2.81. The number of rotatable bonds is 2. The molecule has 6 nitrogen and oxygen atoms in total. The lowest BCUT2D eigenvalue weighted by atomic mass is 10.2. The lowest BCUT2D eigenvalue weighted by Gasteiger charge is -2.31. The Morgan fingerprint density at radius 1 is 1.33 bits per heavy atom. The van der Waals surface area contributed by atoms with Gasteiger partial charge in [-0.05, 0) is 12.1 Å². The predicted molar refractivity (Wildman–Crippen MR) is 61.7 cm³/mol. The molecule has 1 aromatic carbocycles. The van der Waals surface area contributed by atoms with Gasteiger partial charge in [0.05, 0.1) is 19.3 Å². The number of hydrogen-bond donors (Lipinski definition) is 1. The Labute approximate surface area is 104 Å². The van der Waals surface area contributed by atoms with E-state index < -0.39 is 0 Å². The topological polar surface area (TPSA) is 68.2 Å². The van der Waals surface area contributed by atoms with Crippen molar-refractivity contribution in [1.82, 2.24) is 0 Å². The van der Waals surface area contributed by atoms with Crippen LogP contribution in [0.25, 0.3) is 0 Å². The number of hydrogen-bond acceptors (Lipinski definition) is 5. The Hall–Kier alpha value is -1.79. The molecule has 1 amide bonds. The van der Waals surface area contributed by atoms with Crippen LogP contribution in [-0.2, 0) is 9.53 Å². The lowest BCUT2D eigenvalue weighted by Crippen LogP contribution is -2.48. The van der Waals surface area contributed by atoms with Crippen LogP contribution in [0, 0.1) is 0 Å². The van der Waals surface area contributed by atoms with Crippen LogP contribution in [0.3, 0.4) is 0 Å². The van der Waals surface area contributed by atoms with E-state index in [9.17, 15) is 4.79 Å². The minimum Gasteiger partial charge on any atom is -0.454 e. The molecule has 1 aromatic rings. The van der Waals surface area contributed by atoms with Gasteiger partial charge in [0, 0.05) is 11.8 Å². The largest absolute Gasteiger partial charge is 0.454 e. The standard InChI is InChI=1S/C12H13NO5/c14-5-9-4-13(12(15)6-16-9)8-1-2-10-11(3-8)18-7-17-10/h1-3,9,14H,4-7H2. The molecule has 96 valence electrons. The molecule has 0 spiro atoms. The van der Waals surface area contributed by atoms with Gasteiger partial charge in [-0.3, -0.25) is 4.79 Å². The fourth-order valence-electron chi connectivity index (χ4n) is 2.04. The summed E-state index contributed by atoms with van der Waals surface area (Å²) in [4.78, 5) is 13.4. The number of carbonyl (C=O) groups is 1. The summed E-state index contributed by atoms with van der Waals surface area (Å²) in [5, 5.41) is 9.09. The van der Waals surface area contributed by atoms with Gasteiger partial charge in [0.25, 0.3) is 5.91 Å². The summed E-state index contributed by atoms with van der Waals surface area (Å²) < 4.78 is 15.7. The number of anilines is 1. The van der Waals surface area contributed by atoms with Crippen LogP contribution in [0.15, 0.2) is 18.2 Å². The second kappa shape index (κ2) is 4.47. The quantitative estimate of drug-likeness (QED) is 0.809. The van der Waals surface area contributed by atoms with Crippen molar-refractivity contribution in [3.05, 3.63) is 18.2 Å². The molecule has 2 aliphatic heterocycles. The molecular formula is C12H13NO5. The van der Waals surface area contributed by atoms with Crippen molar-refractivity contribution in [3.63, 3.8) is 0 Å². The number of nitrogens with zero attached hydrogens (tertiary/aromatic N) is 1. The first kappa shape index (κ1) is 11.3. The molecule has 1 atom stereocenters. The summed E-state index contributed by atoms with van der Waals surface area (Å²) in [6, 6.07) is 5.33. The van der Waals surface area contributed by atoms with Crippen molar-refractivity contribution in [3.8, 4) is 11.5 Å². The van der Waals surface area contributed by atoms with Gasteiger partial charge in [-0.1, -0.05) is 0 Å². The summed E-state index contributed by atoms with van der Waals surface area (Å²) in [6.45, 7) is 0.429. The Bertz CT molecular complexity index is 476. The maximum absolute atomic E-state index is 11.8. The molecule has 1 unspecified atom stereocenters. The molecule has 2 heterocycles. The third-order valence-corrected chi connectivity index (χ3v) is 3.00. The molecule has 3 rings (SSSR count). The Morgan fingerprint density at radius 2 is 2.17 bits per heavy atom. The number of carbonyl (C=O) groups excluding carboxylic acids is 1.